The highest BCUT2D eigenvalue weighted by molar-refractivity contribution is 14.1. The zero-order chi connectivity index (χ0) is 14.5. The average molecular weight is 389 g/mol. The van der Waals surface area contributed by atoms with E-state index in [1.54, 1.807) is 0 Å². The lowest BCUT2D eigenvalue weighted by atomic mass is 10.1. The van der Waals surface area contributed by atoms with Gasteiger partial charge in [0.2, 0.25) is 5.91 Å². The number of hydrogen-bond donors (Lipinski definition) is 2. The van der Waals surface area contributed by atoms with E-state index in [0.717, 1.165) is 15.6 Å². The van der Waals surface area contributed by atoms with Crippen molar-refractivity contribution in [2.45, 2.75) is 31.4 Å². The number of aliphatic carboxylic acids is 1. The van der Waals surface area contributed by atoms with E-state index < -0.39 is 18.1 Å². The molecule has 2 N–H and O–H groups in total. The Morgan fingerprint density at radius 2 is 2.30 bits per heavy atom. The standard InChI is InChI=1S/C14H16INO4/c15-10-4-1-3-9(7-10)8-11(14(18)19)16-13(17)12-5-2-6-20-12/h1,3-4,7,11-12H,2,5-6,8H2,(H,16,17)(H,18,19)/t11-,12+/m1/s1. The molecule has 20 heavy (non-hydrogen) atoms. The molecule has 1 saturated heterocycles. The van der Waals surface area contributed by atoms with Crippen molar-refractivity contribution in [3.63, 3.8) is 0 Å². The van der Waals surface area contributed by atoms with Gasteiger partial charge in [0, 0.05) is 16.6 Å². The minimum Gasteiger partial charge on any atom is -0.480 e. The van der Waals surface area contributed by atoms with Crippen LogP contribution in [0, 0.1) is 3.57 Å². The molecule has 2 atom stereocenters. The molecule has 1 aromatic rings. The van der Waals surface area contributed by atoms with Gasteiger partial charge < -0.3 is 15.2 Å². The zero-order valence-corrected chi connectivity index (χ0v) is 13.0. The summed E-state index contributed by atoms with van der Waals surface area (Å²) in [6, 6.07) is 6.65. The van der Waals surface area contributed by atoms with Crippen LogP contribution in [-0.4, -0.2) is 35.7 Å². The number of rotatable bonds is 5. The Hall–Kier alpha value is -1.15. The van der Waals surface area contributed by atoms with Gasteiger partial charge in [0.05, 0.1) is 0 Å². The molecule has 6 heteroatoms. The summed E-state index contributed by atoms with van der Waals surface area (Å²) < 4.78 is 6.30. The number of ether oxygens (including phenoxy) is 1. The topological polar surface area (TPSA) is 75.6 Å². The number of benzene rings is 1. The van der Waals surface area contributed by atoms with Crippen LogP contribution in [0.15, 0.2) is 24.3 Å². The molecule has 0 spiro atoms. The maximum absolute atomic E-state index is 11.9. The molecular formula is C14H16INO4. The van der Waals surface area contributed by atoms with Crippen molar-refractivity contribution in [3.8, 4) is 0 Å². The summed E-state index contributed by atoms with van der Waals surface area (Å²) in [6.45, 7) is 0.562. The Labute approximate surface area is 130 Å². The first kappa shape index (κ1) is 15.2. The minimum absolute atomic E-state index is 0.268. The van der Waals surface area contributed by atoms with Gasteiger partial charge in [-0.05, 0) is 53.1 Å². The monoisotopic (exact) mass is 389 g/mol. The molecule has 1 aliphatic rings. The van der Waals surface area contributed by atoms with E-state index in [9.17, 15) is 14.7 Å². The lowest BCUT2D eigenvalue weighted by molar-refractivity contribution is -0.143. The van der Waals surface area contributed by atoms with Gasteiger partial charge >= 0.3 is 5.97 Å². The Balaban J connectivity index is 2.00. The molecule has 1 heterocycles. The number of nitrogens with one attached hydrogen (secondary N) is 1. The second-order valence-corrected chi connectivity index (χ2v) is 5.98. The van der Waals surface area contributed by atoms with Crippen LogP contribution in [0.2, 0.25) is 0 Å². The van der Waals surface area contributed by atoms with E-state index in [-0.39, 0.29) is 12.3 Å². The first-order chi connectivity index (χ1) is 9.56. The van der Waals surface area contributed by atoms with Crippen LogP contribution in [-0.2, 0) is 20.7 Å². The fourth-order valence-corrected chi connectivity index (χ4v) is 2.76. The number of halogens is 1. The Morgan fingerprint density at radius 3 is 2.90 bits per heavy atom. The van der Waals surface area contributed by atoms with Crippen molar-refractivity contribution in [1.82, 2.24) is 5.32 Å². The summed E-state index contributed by atoms with van der Waals surface area (Å²) in [5.74, 6) is -1.37. The predicted octanol–water partition coefficient (Wildman–Crippen LogP) is 1.58. The van der Waals surface area contributed by atoms with E-state index in [4.69, 9.17) is 4.74 Å². The van der Waals surface area contributed by atoms with Gasteiger partial charge in [-0.2, -0.15) is 0 Å². The summed E-state index contributed by atoms with van der Waals surface area (Å²) in [4.78, 5) is 23.2. The Kier molecular flexibility index (Phi) is 5.36. The van der Waals surface area contributed by atoms with Crippen LogP contribution in [0.4, 0.5) is 0 Å². The highest BCUT2D eigenvalue weighted by atomic mass is 127. The van der Waals surface area contributed by atoms with Crippen LogP contribution in [0.3, 0.4) is 0 Å². The van der Waals surface area contributed by atoms with Gasteiger partial charge in [0.15, 0.2) is 0 Å². The SMILES string of the molecule is O=C(N[C@H](Cc1cccc(I)c1)C(=O)O)[C@@H]1CCCO1. The van der Waals surface area contributed by atoms with Crippen molar-refractivity contribution in [2.24, 2.45) is 0 Å². The number of carboxylic acid groups (broad SMARTS) is 1. The molecule has 5 nitrogen and oxygen atoms in total. The quantitative estimate of drug-likeness (QED) is 0.750. The summed E-state index contributed by atoms with van der Waals surface area (Å²) in [5, 5.41) is 11.8. The summed E-state index contributed by atoms with van der Waals surface area (Å²) in [6.07, 6.45) is 1.26. The molecule has 0 unspecified atom stereocenters. The maximum atomic E-state index is 11.9. The first-order valence-electron chi connectivity index (χ1n) is 6.45. The van der Waals surface area contributed by atoms with Crippen LogP contribution in [0.5, 0.6) is 0 Å². The lowest BCUT2D eigenvalue weighted by Gasteiger charge is -2.17. The van der Waals surface area contributed by atoms with E-state index in [1.165, 1.54) is 0 Å². The zero-order valence-electron chi connectivity index (χ0n) is 10.8. The van der Waals surface area contributed by atoms with Gasteiger partial charge in [-0.25, -0.2) is 4.79 Å². The number of carbonyl (C=O) groups is 2. The summed E-state index contributed by atoms with van der Waals surface area (Å²) in [5.41, 5.74) is 0.886. The van der Waals surface area contributed by atoms with E-state index in [1.807, 2.05) is 24.3 Å². The molecule has 1 aliphatic heterocycles. The van der Waals surface area contributed by atoms with Crippen LogP contribution < -0.4 is 5.32 Å². The normalized spacial score (nSPS) is 19.6. The third kappa shape index (κ3) is 4.17. The molecule has 108 valence electrons. The van der Waals surface area contributed by atoms with Crippen molar-refractivity contribution < 1.29 is 19.4 Å². The van der Waals surface area contributed by atoms with Crippen LogP contribution in [0.25, 0.3) is 0 Å². The average Bonchev–Trinajstić information content (AvgIpc) is 2.91. The van der Waals surface area contributed by atoms with Crippen molar-refractivity contribution >= 4 is 34.5 Å². The van der Waals surface area contributed by atoms with Gasteiger partial charge in [-0.3, -0.25) is 4.79 Å². The second-order valence-electron chi connectivity index (χ2n) is 4.74. The molecule has 0 aromatic heterocycles. The van der Waals surface area contributed by atoms with Gasteiger partial charge in [-0.1, -0.05) is 12.1 Å². The summed E-state index contributed by atoms with van der Waals surface area (Å²) in [7, 11) is 0. The van der Waals surface area contributed by atoms with Crippen molar-refractivity contribution in [1.29, 1.82) is 0 Å². The molecular weight excluding hydrogens is 373 g/mol. The largest absolute Gasteiger partial charge is 0.480 e. The smallest absolute Gasteiger partial charge is 0.326 e. The van der Waals surface area contributed by atoms with E-state index in [0.29, 0.717) is 13.0 Å². The fraction of sp³-hybridized carbons (Fsp3) is 0.429. The van der Waals surface area contributed by atoms with E-state index >= 15 is 0 Å². The van der Waals surface area contributed by atoms with Gasteiger partial charge in [-0.15, -0.1) is 0 Å². The van der Waals surface area contributed by atoms with Crippen molar-refractivity contribution in [2.75, 3.05) is 6.61 Å². The summed E-state index contributed by atoms with van der Waals surface area (Å²) >= 11 is 2.17. The highest BCUT2D eigenvalue weighted by Crippen LogP contribution is 2.13. The van der Waals surface area contributed by atoms with Crippen LogP contribution in [0.1, 0.15) is 18.4 Å². The number of carboxylic acids is 1. The molecule has 0 aliphatic carbocycles. The van der Waals surface area contributed by atoms with Gasteiger partial charge in [0.1, 0.15) is 12.1 Å². The maximum Gasteiger partial charge on any atom is 0.326 e. The molecule has 1 aromatic carbocycles. The number of hydrogen-bond acceptors (Lipinski definition) is 3. The third-order valence-electron chi connectivity index (χ3n) is 3.17. The number of carbonyl (C=O) groups excluding carboxylic acids is 1. The molecule has 0 radical (unpaired) electrons. The molecule has 0 bridgehead atoms. The molecule has 1 amide bonds. The van der Waals surface area contributed by atoms with E-state index in [2.05, 4.69) is 27.9 Å². The third-order valence-corrected chi connectivity index (χ3v) is 3.84. The Morgan fingerprint density at radius 1 is 1.50 bits per heavy atom. The molecule has 0 saturated carbocycles. The molecule has 1 fully saturated rings. The van der Waals surface area contributed by atoms with Crippen LogP contribution >= 0.6 is 22.6 Å². The Bertz CT molecular complexity index is 500. The lowest BCUT2D eigenvalue weighted by Crippen LogP contribution is -2.46. The first-order valence-corrected chi connectivity index (χ1v) is 7.53. The minimum atomic E-state index is -1.03. The predicted molar refractivity (Wildman–Crippen MR) is 81.4 cm³/mol. The second kappa shape index (κ2) is 7.03. The fourth-order valence-electron chi connectivity index (χ4n) is 2.15. The number of amides is 1. The highest BCUT2D eigenvalue weighted by Gasteiger charge is 2.28. The van der Waals surface area contributed by atoms with Gasteiger partial charge in [0.25, 0.3) is 0 Å². The molecule has 2 rings (SSSR count). The van der Waals surface area contributed by atoms with Crippen molar-refractivity contribution in [3.05, 3.63) is 33.4 Å².